The highest BCUT2D eigenvalue weighted by atomic mass is 35.5. The molecule has 1 heterocycles. The Bertz CT molecular complexity index is 373. The molecule has 1 aliphatic heterocycles. The van der Waals surface area contributed by atoms with Gasteiger partial charge in [0.25, 0.3) is 0 Å². The maximum absolute atomic E-state index is 9.36. The zero-order valence-electron chi connectivity index (χ0n) is 8.79. The highest BCUT2D eigenvalue weighted by molar-refractivity contribution is 6.35. The molecular formula is C11H14Cl2N2O. The van der Waals surface area contributed by atoms with Crippen molar-refractivity contribution in [2.45, 2.75) is 19.1 Å². The van der Waals surface area contributed by atoms with E-state index < -0.39 is 0 Å². The lowest BCUT2D eigenvalue weighted by Gasteiger charge is -2.17. The quantitative estimate of drug-likeness (QED) is 0.874. The van der Waals surface area contributed by atoms with E-state index in [1.807, 2.05) is 17.1 Å². The van der Waals surface area contributed by atoms with Crippen LogP contribution in [0.5, 0.6) is 0 Å². The summed E-state index contributed by atoms with van der Waals surface area (Å²) in [6, 6.07) is 5.46. The zero-order valence-corrected chi connectivity index (χ0v) is 10.3. The Morgan fingerprint density at radius 3 is 2.88 bits per heavy atom. The van der Waals surface area contributed by atoms with Crippen LogP contribution in [0.1, 0.15) is 12.0 Å². The van der Waals surface area contributed by atoms with Gasteiger partial charge in [-0.1, -0.05) is 29.3 Å². The maximum Gasteiger partial charge on any atom is 0.0693 e. The van der Waals surface area contributed by atoms with Gasteiger partial charge in [-0.2, -0.15) is 0 Å². The van der Waals surface area contributed by atoms with Crippen LogP contribution in [-0.4, -0.2) is 29.3 Å². The number of nitrogens with zero attached hydrogens (tertiary/aromatic N) is 1. The first-order valence-electron chi connectivity index (χ1n) is 5.25. The first kappa shape index (κ1) is 12.1. The number of halogens is 2. The number of aliphatic hydroxyl groups excluding tert-OH is 1. The fourth-order valence-corrected chi connectivity index (χ4v) is 2.22. The van der Waals surface area contributed by atoms with Gasteiger partial charge in [-0.3, -0.25) is 5.43 Å². The van der Waals surface area contributed by atoms with Gasteiger partial charge in [-0.05, 0) is 24.1 Å². The summed E-state index contributed by atoms with van der Waals surface area (Å²) in [7, 11) is 0. The van der Waals surface area contributed by atoms with Gasteiger partial charge in [0.15, 0.2) is 0 Å². The van der Waals surface area contributed by atoms with Crippen molar-refractivity contribution in [1.29, 1.82) is 0 Å². The molecule has 1 aliphatic rings. The second-order valence-electron chi connectivity index (χ2n) is 3.96. The Kier molecular flexibility index (Phi) is 4.05. The Labute approximate surface area is 105 Å². The second kappa shape index (κ2) is 5.34. The SMILES string of the molecule is OC1CCN(NCc2ccc(Cl)cc2Cl)C1. The molecule has 3 nitrogen and oxygen atoms in total. The average molecular weight is 261 g/mol. The number of rotatable bonds is 3. The molecule has 1 atom stereocenters. The molecule has 2 rings (SSSR count). The van der Waals surface area contributed by atoms with E-state index >= 15 is 0 Å². The predicted molar refractivity (Wildman–Crippen MR) is 65.5 cm³/mol. The van der Waals surface area contributed by atoms with Crippen LogP contribution in [0.4, 0.5) is 0 Å². The van der Waals surface area contributed by atoms with Crippen molar-refractivity contribution in [2.75, 3.05) is 13.1 Å². The molecule has 0 spiro atoms. The van der Waals surface area contributed by atoms with Crippen molar-refractivity contribution in [3.63, 3.8) is 0 Å². The third kappa shape index (κ3) is 3.09. The van der Waals surface area contributed by atoms with Crippen molar-refractivity contribution in [3.05, 3.63) is 33.8 Å². The molecule has 1 aromatic carbocycles. The van der Waals surface area contributed by atoms with Gasteiger partial charge in [0.1, 0.15) is 0 Å². The van der Waals surface area contributed by atoms with Gasteiger partial charge < -0.3 is 5.11 Å². The van der Waals surface area contributed by atoms with Crippen LogP contribution in [0, 0.1) is 0 Å². The number of nitrogens with one attached hydrogen (secondary N) is 1. The van der Waals surface area contributed by atoms with Crippen molar-refractivity contribution in [3.8, 4) is 0 Å². The van der Waals surface area contributed by atoms with Crippen LogP contribution in [0.3, 0.4) is 0 Å². The summed E-state index contributed by atoms with van der Waals surface area (Å²) >= 11 is 11.9. The lowest BCUT2D eigenvalue weighted by atomic mass is 10.2. The molecule has 1 fully saturated rings. The molecule has 5 heteroatoms. The van der Waals surface area contributed by atoms with Crippen molar-refractivity contribution < 1.29 is 5.11 Å². The monoisotopic (exact) mass is 260 g/mol. The van der Waals surface area contributed by atoms with Gasteiger partial charge >= 0.3 is 0 Å². The zero-order chi connectivity index (χ0) is 11.5. The number of hydrogen-bond acceptors (Lipinski definition) is 3. The normalized spacial score (nSPS) is 21.6. The van der Waals surface area contributed by atoms with Crippen LogP contribution in [0.15, 0.2) is 18.2 Å². The third-order valence-corrected chi connectivity index (χ3v) is 3.26. The number of hydrogen-bond donors (Lipinski definition) is 2. The van der Waals surface area contributed by atoms with E-state index in [0.717, 1.165) is 18.5 Å². The Balaban J connectivity index is 1.89. The minimum absolute atomic E-state index is 0.215. The Morgan fingerprint density at radius 2 is 2.25 bits per heavy atom. The summed E-state index contributed by atoms with van der Waals surface area (Å²) in [6.45, 7) is 2.19. The summed E-state index contributed by atoms with van der Waals surface area (Å²) in [6.07, 6.45) is 0.606. The topological polar surface area (TPSA) is 35.5 Å². The Hall–Kier alpha value is -0.320. The highest BCUT2D eigenvalue weighted by Crippen LogP contribution is 2.21. The van der Waals surface area contributed by atoms with Crippen LogP contribution in [0.25, 0.3) is 0 Å². The lowest BCUT2D eigenvalue weighted by molar-refractivity contribution is 0.154. The van der Waals surface area contributed by atoms with Crippen LogP contribution in [0.2, 0.25) is 10.0 Å². The van der Waals surface area contributed by atoms with Gasteiger partial charge in [0.2, 0.25) is 0 Å². The molecule has 1 saturated heterocycles. The number of β-amino-alcohol motifs (C(OH)–C–C–N with tert-alkyl or cyclic N) is 1. The van der Waals surface area contributed by atoms with E-state index in [4.69, 9.17) is 23.2 Å². The molecule has 16 heavy (non-hydrogen) atoms. The van der Waals surface area contributed by atoms with E-state index in [0.29, 0.717) is 23.1 Å². The maximum atomic E-state index is 9.36. The summed E-state index contributed by atoms with van der Waals surface area (Å²) < 4.78 is 0. The van der Waals surface area contributed by atoms with Gasteiger partial charge in [0, 0.05) is 29.7 Å². The van der Waals surface area contributed by atoms with Crippen molar-refractivity contribution in [1.82, 2.24) is 10.4 Å². The van der Waals surface area contributed by atoms with Crippen LogP contribution >= 0.6 is 23.2 Å². The minimum atomic E-state index is -0.215. The molecule has 0 amide bonds. The molecule has 0 saturated carbocycles. The average Bonchev–Trinajstić information content (AvgIpc) is 2.63. The standard InChI is InChI=1S/C11H14Cl2N2O/c12-9-2-1-8(11(13)5-9)6-14-15-4-3-10(16)7-15/h1-2,5,10,14,16H,3-4,6-7H2. The van der Waals surface area contributed by atoms with Crippen molar-refractivity contribution in [2.24, 2.45) is 0 Å². The van der Waals surface area contributed by atoms with Gasteiger partial charge in [0.05, 0.1) is 6.10 Å². The van der Waals surface area contributed by atoms with E-state index in [1.54, 1.807) is 6.07 Å². The molecule has 2 N–H and O–H groups in total. The first-order chi connectivity index (χ1) is 7.65. The Morgan fingerprint density at radius 1 is 1.44 bits per heavy atom. The highest BCUT2D eigenvalue weighted by Gasteiger charge is 2.19. The summed E-state index contributed by atoms with van der Waals surface area (Å²) in [4.78, 5) is 0. The van der Waals surface area contributed by atoms with E-state index in [9.17, 15) is 5.11 Å². The molecule has 1 unspecified atom stereocenters. The summed E-state index contributed by atoms with van der Waals surface area (Å²) in [5.41, 5.74) is 4.24. The van der Waals surface area contributed by atoms with Gasteiger partial charge in [-0.25, -0.2) is 5.01 Å². The third-order valence-electron chi connectivity index (χ3n) is 2.67. The molecule has 1 aromatic rings. The molecule has 0 aromatic heterocycles. The molecule has 88 valence electrons. The fourth-order valence-electron chi connectivity index (χ4n) is 1.75. The lowest BCUT2D eigenvalue weighted by Crippen LogP contribution is -2.36. The fraction of sp³-hybridized carbons (Fsp3) is 0.455. The van der Waals surface area contributed by atoms with E-state index in [1.165, 1.54) is 0 Å². The van der Waals surface area contributed by atoms with Crippen LogP contribution in [-0.2, 0) is 6.54 Å². The predicted octanol–water partition coefficient (Wildman–Crippen LogP) is 2.06. The molecule has 0 radical (unpaired) electrons. The number of benzene rings is 1. The number of hydrazine groups is 1. The second-order valence-corrected chi connectivity index (χ2v) is 4.80. The van der Waals surface area contributed by atoms with Crippen LogP contribution < -0.4 is 5.43 Å². The van der Waals surface area contributed by atoms with Gasteiger partial charge in [-0.15, -0.1) is 0 Å². The smallest absolute Gasteiger partial charge is 0.0693 e. The molecule has 0 bridgehead atoms. The first-order valence-corrected chi connectivity index (χ1v) is 6.01. The summed E-state index contributed by atoms with van der Waals surface area (Å²) in [5, 5.41) is 12.7. The molecular weight excluding hydrogens is 247 g/mol. The number of aliphatic hydroxyl groups is 1. The molecule has 0 aliphatic carbocycles. The van der Waals surface area contributed by atoms with E-state index in [-0.39, 0.29) is 6.10 Å². The van der Waals surface area contributed by atoms with Crippen molar-refractivity contribution >= 4 is 23.2 Å². The summed E-state index contributed by atoms with van der Waals surface area (Å²) in [5.74, 6) is 0. The van der Waals surface area contributed by atoms with E-state index in [2.05, 4.69) is 5.43 Å². The largest absolute Gasteiger partial charge is 0.392 e. The minimum Gasteiger partial charge on any atom is -0.392 e.